The first-order valence-electron chi connectivity index (χ1n) is 13.2. The summed E-state index contributed by atoms with van der Waals surface area (Å²) in [7, 11) is 0. The summed E-state index contributed by atoms with van der Waals surface area (Å²) in [5, 5.41) is 3.43. The number of pyridine rings is 2. The molecule has 0 bridgehead atoms. The minimum Gasteiger partial charge on any atom is -0.378 e. The number of rotatable bonds is 7. The van der Waals surface area contributed by atoms with Crippen LogP contribution in [0.2, 0.25) is 0 Å². The van der Waals surface area contributed by atoms with Crippen LogP contribution in [-0.4, -0.2) is 57.0 Å². The monoisotopic (exact) mass is 528 g/mol. The number of carbonyl (C=O) groups is 1. The highest BCUT2D eigenvalue weighted by atomic mass is 16.5. The van der Waals surface area contributed by atoms with E-state index < -0.39 is 0 Å². The van der Waals surface area contributed by atoms with E-state index in [1.807, 2.05) is 77.7 Å². The number of benzene rings is 2. The van der Waals surface area contributed by atoms with Gasteiger partial charge in [0.25, 0.3) is 5.91 Å². The molecule has 1 aliphatic heterocycles. The summed E-state index contributed by atoms with van der Waals surface area (Å²) >= 11 is 0. The predicted octanol–water partition coefficient (Wildman–Crippen LogP) is 5.35. The third-order valence-corrected chi connectivity index (χ3v) is 6.71. The van der Waals surface area contributed by atoms with Gasteiger partial charge in [-0.05, 0) is 41.5 Å². The fourth-order valence-corrected chi connectivity index (χ4v) is 4.60. The van der Waals surface area contributed by atoms with E-state index in [0.717, 1.165) is 27.9 Å². The maximum absolute atomic E-state index is 13.1. The van der Waals surface area contributed by atoms with Crippen LogP contribution in [0.5, 0.6) is 0 Å². The molecule has 1 saturated heterocycles. The highest BCUT2D eigenvalue weighted by molar-refractivity contribution is 5.95. The summed E-state index contributed by atoms with van der Waals surface area (Å²) in [6.45, 7) is 2.97. The van der Waals surface area contributed by atoms with Crippen molar-refractivity contribution in [1.82, 2.24) is 24.8 Å². The van der Waals surface area contributed by atoms with Gasteiger partial charge in [0.05, 0.1) is 18.9 Å². The molecule has 0 spiro atoms. The van der Waals surface area contributed by atoms with Crippen LogP contribution < -0.4 is 5.32 Å². The quantitative estimate of drug-likeness (QED) is 0.304. The van der Waals surface area contributed by atoms with Crippen molar-refractivity contribution in [2.45, 2.75) is 6.54 Å². The van der Waals surface area contributed by atoms with E-state index in [1.165, 1.54) is 0 Å². The Balaban J connectivity index is 1.32. The number of hydrogen-bond acceptors (Lipinski definition) is 7. The number of carbonyl (C=O) groups excluding carboxylic acids is 1. The third kappa shape index (κ3) is 5.87. The van der Waals surface area contributed by atoms with Gasteiger partial charge in [0, 0.05) is 61.0 Å². The molecular formula is C32H28N6O2. The Kier molecular flexibility index (Phi) is 7.50. The van der Waals surface area contributed by atoms with Crippen molar-refractivity contribution in [3.05, 3.63) is 115 Å². The van der Waals surface area contributed by atoms with Gasteiger partial charge in [0.15, 0.2) is 5.82 Å². The Bertz CT molecular complexity index is 1600. The molecule has 1 aliphatic rings. The smallest absolute Gasteiger partial charge is 0.254 e. The molecule has 8 heteroatoms. The third-order valence-electron chi connectivity index (χ3n) is 6.71. The molecule has 198 valence electrons. The van der Waals surface area contributed by atoms with E-state index in [1.54, 1.807) is 18.6 Å². The van der Waals surface area contributed by atoms with Gasteiger partial charge in [0.2, 0.25) is 0 Å². The SMILES string of the molecule is O=C(c1cccc(-c2cncc(-c3cc(NCc4ccccc4)nc(-c4ccccn4)n3)c2)c1)N1CCOCC1. The maximum Gasteiger partial charge on any atom is 0.254 e. The standard InChI is InChI=1S/C32H28N6O2/c39-32(38-13-15-40-16-14-38)25-10-6-9-24(17-25)26-18-27(22-33-21-26)29-19-30(35-20-23-7-2-1-3-8-23)37-31(36-29)28-11-4-5-12-34-28/h1-12,17-19,21-22H,13-16,20H2,(H,35,36,37). The van der Waals surface area contributed by atoms with Gasteiger partial charge in [-0.1, -0.05) is 48.5 Å². The van der Waals surface area contributed by atoms with Gasteiger partial charge < -0.3 is 15.0 Å². The van der Waals surface area contributed by atoms with Crippen LogP contribution in [-0.2, 0) is 11.3 Å². The Morgan fingerprint density at radius 1 is 0.800 bits per heavy atom. The second-order valence-corrected chi connectivity index (χ2v) is 9.46. The molecule has 0 unspecified atom stereocenters. The van der Waals surface area contributed by atoms with Crippen LogP contribution in [0, 0.1) is 0 Å². The van der Waals surface area contributed by atoms with Crippen LogP contribution in [0.4, 0.5) is 5.82 Å². The molecule has 1 amide bonds. The number of nitrogens with one attached hydrogen (secondary N) is 1. The van der Waals surface area contributed by atoms with E-state index in [9.17, 15) is 4.79 Å². The molecule has 0 aliphatic carbocycles. The molecule has 3 aromatic heterocycles. The summed E-state index contributed by atoms with van der Waals surface area (Å²) < 4.78 is 5.40. The predicted molar refractivity (Wildman–Crippen MR) is 154 cm³/mol. The lowest BCUT2D eigenvalue weighted by Gasteiger charge is -2.27. The van der Waals surface area contributed by atoms with Crippen LogP contribution in [0.1, 0.15) is 15.9 Å². The molecular weight excluding hydrogens is 500 g/mol. The largest absolute Gasteiger partial charge is 0.378 e. The first-order valence-corrected chi connectivity index (χ1v) is 13.2. The number of amides is 1. The molecule has 4 heterocycles. The average Bonchev–Trinajstić information content (AvgIpc) is 3.05. The van der Waals surface area contributed by atoms with Crippen molar-refractivity contribution < 1.29 is 9.53 Å². The summed E-state index contributed by atoms with van der Waals surface area (Å²) in [6, 6.07) is 27.5. The minimum absolute atomic E-state index is 0.0131. The highest BCUT2D eigenvalue weighted by Gasteiger charge is 2.19. The lowest BCUT2D eigenvalue weighted by Crippen LogP contribution is -2.40. The van der Waals surface area contributed by atoms with Crippen molar-refractivity contribution in [2.24, 2.45) is 0 Å². The minimum atomic E-state index is 0.0131. The second-order valence-electron chi connectivity index (χ2n) is 9.46. The maximum atomic E-state index is 13.1. The second kappa shape index (κ2) is 11.8. The molecule has 5 aromatic rings. The van der Waals surface area contributed by atoms with Gasteiger partial charge in [-0.2, -0.15) is 0 Å². The van der Waals surface area contributed by atoms with E-state index in [2.05, 4.69) is 27.4 Å². The fourth-order valence-electron chi connectivity index (χ4n) is 4.60. The molecule has 0 saturated carbocycles. The summed E-state index contributed by atoms with van der Waals surface area (Å²) in [4.78, 5) is 33.5. The number of nitrogens with zero attached hydrogens (tertiary/aromatic N) is 5. The van der Waals surface area contributed by atoms with Crippen LogP contribution in [0.25, 0.3) is 33.9 Å². The van der Waals surface area contributed by atoms with Crippen LogP contribution >= 0.6 is 0 Å². The van der Waals surface area contributed by atoms with Crippen LogP contribution in [0.3, 0.4) is 0 Å². The lowest BCUT2D eigenvalue weighted by atomic mass is 10.0. The van der Waals surface area contributed by atoms with E-state index >= 15 is 0 Å². The first kappa shape index (κ1) is 25.3. The van der Waals surface area contributed by atoms with Crippen molar-refractivity contribution in [2.75, 3.05) is 31.6 Å². The molecule has 2 aromatic carbocycles. The molecule has 1 fully saturated rings. The zero-order chi connectivity index (χ0) is 27.1. The van der Waals surface area contributed by atoms with Crippen molar-refractivity contribution >= 4 is 11.7 Å². The zero-order valence-electron chi connectivity index (χ0n) is 21.9. The van der Waals surface area contributed by atoms with Crippen LogP contribution in [0.15, 0.2) is 104 Å². The number of aromatic nitrogens is 4. The molecule has 40 heavy (non-hydrogen) atoms. The first-order chi connectivity index (χ1) is 19.7. The zero-order valence-corrected chi connectivity index (χ0v) is 21.9. The molecule has 0 atom stereocenters. The molecule has 1 N–H and O–H groups in total. The van der Waals surface area contributed by atoms with Crippen molar-refractivity contribution in [3.63, 3.8) is 0 Å². The van der Waals surface area contributed by atoms with E-state index in [-0.39, 0.29) is 5.91 Å². The lowest BCUT2D eigenvalue weighted by molar-refractivity contribution is 0.0303. The normalized spacial score (nSPS) is 13.2. The number of ether oxygens (including phenoxy) is 1. The fraction of sp³-hybridized carbons (Fsp3) is 0.156. The van der Waals surface area contributed by atoms with Crippen molar-refractivity contribution in [1.29, 1.82) is 0 Å². The van der Waals surface area contributed by atoms with E-state index in [0.29, 0.717) is 55.7 Å². The van der Waals surface area contributed by atoms with E-state index in [4.69, 9.17) is 14.7 Å². The molecule has 6 rings (SSSR count). The Morgan fingerprint density at radius 2 is 1.62 bits per heavy atom. The summed E-state index contributed by atoms with van der Waals surface area (Å²) in [5.41, 5.74) is 5.85. The molecule has 8 nitrogen and oxygen atoms in total. The summed E-state index contributed by atoms with van der Waals surface area (Å²) in [6.07, 6.45) is 5.32. The van der Waals surface area contributed by atoms with Crippen molar-refractivity contribution in [3.8, 4) is 33.9 Å². The highest BCUT2D eigenvalue weighted by Crippen LogP contribution is 2.28. The average molecular weight is 529 g/mol. The Morgan fingerprint density at radius 3 is 2.45 bits per heavy atom. The van der Waals surface area contributed by atoms with Gasteiger partial charge in [-0.3, -0.25) is 14.8 Å². The Labute approximate surface area is 232 Å². The van der Waals surface area contributed by atoms with Gasteiger partial charge >= 0.3 is 0 Å². The van der Waals surface area contributed by atoms with Gasteiger partial charge in [-0.15, -0.1) is 0 Å². The Hall–Kier alpha value is -4.95. The topological polar surface area (TPSA) is 93.1 Å². The van der Waals surface area contributed by atoms with Gasteiger partial charge in [-0.25, -0.2) is 9.97 Å². The van der Waals surface area contributed by atoms with Gasteiger partial charge in [0.1, 0.15) is 11.5 Å². The summed E-state index contributed by atoms with van der Waals surface area (Å²) in [5.74, 6) is 1.23. The number of anilines is 1. The number of hydrogen-bond donors (Lipinski definition) is 1. The molecule has 0 radical (unpaired) electrons. The number of morpholine rings is 1.